The minimum absolute atomic E-state index is 0.294. The molecule has 0 saturated heterocycles. The molecule has 0 aromatic rings. The predicted octanol–water partition coefficient (Wildman–Crippen LogP) is 3.28. The molecular formula is C18H26O4. The van der Waals surface area contributed by atoms with Crippen molar-refractivity contribution in [1.29, 1.82) is 0 Å². The van der Waals surface area contributed by atoms with Crippen LogP contribution in [0.5, 0.6) is 0 Å². The van der Waals surface area contributed by atoms with Gasteiger partial charge in [-0.15, -0.1) is 0 Å². The van der Waals surface area contributed by atoms with Crippen LogP contribution in [0, 0.1) is 23.7 Å². The molecule has 2 aliphatic rings. The molecule has 4 atom stereocenters. The van der Waals surface area contributed by atoms with Crippen molar-refractivity contribution in [2.75, 3.05) is 13.2 Å². The Morgan fingerprint density at radius 1 is 0.955 bits per heavy atom. The highest BCUT2D eigenvalue weighted by Crippen LogP contribution is 2.26. The lowest BCUT2D eigenvalue weighted by Crippen LogP contribution is -2.28. The first-order valence-corrected chi connectivity index (χ1v) is 8.23. The summed E-state index contributed by atoms with van der Waals surface area (Å²) in [5.41, 5.74) is 0. The molecular weight excluding hydrogens is 280 g/mol. The van der Waals surface area contributed by atoms with E-state index < -0.39 is 11.9 Å². The highest BCUT2D eigenvalue weighted by molar-refractivity contribution is 6.29. The third-order valence-electron chi connectivity index (χ3n) is 4.83. The van der Waals surface area contributed by atoms with Crippen LogP contribution >= 0.6 is 0 Å². The second-order valence-corrected chi connectivity index (χ2v) is 6.50. The number of ether oxygens (including phenoxy) is 2. The molecule has 4 unspecified atom stereocenters. The van der Waals surface area contributed by atoms with E-state index in [2.05, 4.69) is 38.2 Å². The smallest absolute Gasteiger partial charge is 0.417 e. The average molecular weight is 306 g/mol. The Kier molecular flexibility index (Phi) is 6.22. The maximum absolute atomic E-state index is 11.7. The fourth-order valence-corrected chi connectivity index (χ4v) is 3.00. The summed E-state index contributed by atoms with van der Waals surface area (Å²) in [5.74, 6) is -0.270. The summed E-state index contributed by atoms with van der Waals surface area (Å²) in [6.07, 6.45) is 12.4. The zero-order chi connectivity index (χ0) is 15.9. The molecule has 0 aliphatic heterocycles. The fourth-order valence-electron chi connectivity index (χ4n) is 3.00. The number of carbonyl (C=O) groups is 2. The van der Waals surface area contributed by atoms with Gasteiger partial charge in [0.25, 0.3) is 0 Å². The molecule has 22 heavy (non-hydrogen) atoms. The van der Waals surface area contributed by atoms with Gasteiger partial charge in [-0.1, -0.05) is 38.2 Å². The third kappa shape index (κ3) is 4.72. The molecule has 0 heterocycles. The van der Waals surface area contributed by atoms with E-state index in [0.29, 0.717) is 36.9 Å². The molecule has 0 aromatic heterocycles. The van der Waals surface area contributed by atoms with Gasteiger partial charge in [0.15, 0.2) is 0 Å². The Labute approximate surface area is 132 Å². The molecule has 0 spiro atoms. The van der Waals surface area contributed by atoms with E-state index in [-0.39, 0.29) is 0 Å². The van der Waals surface area contributed by atoms with Crippen molar-refractivity contribution >= 4 is 11.9 Å². The average Bonchev–Trinajstić information content (AvgIpc) is 2.52. The van der Waals surface area contributed by atoms with E-state index in [9.17, 15) is 9.59 Å². The minimum Gasteiger partial charge on any atom is -0.457 e. The Bertz CT molecular complexity index is 436. The number of allylic oxidation sites excluding steroid dienone is 4. The number of hydrogen-bond donors (Lipinski definition) is 0. The molecule has 0 fully saturated rings. The molecule has 122 valence electrons. The molecule has 2 rings (SSSR count). The Hall–Kier alpha value is -1.58. The number of carbonyl (C=O) groups excluding carboxylic acids is 2. The van der Waals surface area contributed by atoms with Crippen molar-refractivity contribution in [3.05, 3.63) is 24.3 Å². The maximum atomic E-state index is 11.7. The zero-order valence-corrected chi connectivity index (χ0v) is 13.5. The summed E-state index contributed by atoms with van der Waals surface area (Å²) in [5, 5.41) is 0. The van der Waals surface area contributed by atoms with Gasteiger partial charge in [-0.3, -0.25) is 0 Å². The van der Waals surface area contributed by atoms with Gasteiger partial charge >= 0.3 is 11.9 Å². The maximum Gasteiger partial charge on any atom is 0.417 e. The summed E-state index contributed by atoms with van der Waals surface area (Å²) >= 11 is 0. The number of rotatable bonds is 4. The largest absolute Gasteiger partial charge is 0.457 e. The van der Waals surface area contributed by atoms with E-state index in [1.165, 1.54) is 0 Å². The topological polar surface area (TPSA) is 52.6 Å². The van der Waals surface area contributed by atoms with Crippen LogP contribution in [-0.2, 0) is 19.1 Å². The van der Waals surface area contributed by atoms with Crippen molar-refractivity contribution in [3.8, 4) is 0 Å². The fraction of sp³-hybridized carbons (Fsp3) is 0.667. The highest BCUT2D eigenvalue weighted by Gasteiger charge is 2.25. The van der Waals surface area contributed by atoms with Gasteiger partial charge in [0.05, 0.1) is 13.2 Å². The van der Waals surface area contributed by atoms with Crippen molar-refractivity contribution in [2.24, 2.45) is 23.7 Å². The molecule has 4 nitrogen and oxygen atoms in total. The Morgan fingerprint density at radius 3 is 2.23 bits per heavy atom. The lowest BCUT2D eigenvalue weighted by molar-refractivity contribution is -0.169. The molecule has 0 saturated carbocycles. The van der Waals surface area contributed by atoms with Gasteiger partial charge in [-0.05, 0) is 49.4 Å². The van der Waals surface area contributed by atoms with E-state index in [0.717, 1.165) is 25.7 Å². The van der Waals surface area contributed by atoms with Gasteiger partial charge in [0.1, 0.15) is 0 Å². The molecule has 2 aliphatic carbocycles. The van der Waals surface area contributed by atoms with E-state index >= 15 is 0 Å². The first kappa shape index (κ1) is 16.8. The molecule has 0 radical (unpaired) electrons. The highest BCUT2D eigenvalue weighted by atomic mass is 16.6. The number of hydrogen-bond acceptors (Lipinski definition) is 4. The van der Waals surface area contributed by atoms with Crippen LogP contribution < -0.4 is 0 Å². The first-order valence-electron chi connectivity index (χ1n) is 8.23. The van der Waals surface area contributed by atoms with E-state index in [1.807, 2.05) is 0 Å². The van der Waals surface area contributed by atoms with Crippen molar-refractivity contribution in [1.82, 2.24) is 0 Å². The normalized spacial score (nSPS) is 30.8. The van der Waals surface area contributed by atoms with Gasteiger partial charge in [0.2, 0.25) is 0 Å². The summed E-state index contributed by atoms with van der Waals surface area (Å²) < 4.78 is 10.2. The lowest BCUT2D eigenvalue weighted by Gasteiger charge is -2.25. The first-order chi connectivity index (χ1) is 10.6. The Morgan fingerprint density at radius 2 is 1.59 bits per heavy atom. The summed E-state index contributed by atoms with van der Waals surface area (Å²) in [6, 6.07) is 0. The molecule has 0 amide bonds. The van der Waals surface area contributed by atoms with Gasteiger partial charge < -0.3 is 9.47 Å². The van der Waals surface area contributed by atoms with Crippen molar-refractivity contribution in [3.63, 3.8) is 0 Å². The zero-order valence-electron chi connectivity index (χ0n) is 13.5. The lowest BCUT2D eigenvalue weighted by atomic mass is 9.85. The van der Waals surface area contributed by atoms with Gasteiger partial charge in [-0.2, -0.15) is 0 Å². The van der Waals surface area contributed by atoms with Crippen LogP contribution in [0.25, 0.3) is 0 Å². The monoisotopic (exact) mass is 306 g/mol. The van der Waals surface area contributed by atoms with Crippen molar-refractivity contribution < 1.29 is 19.1 Å². The minimum atomic E-state index is -0.860. The van der Waals surface area contributed by atoms with Crippen LogP contribution in [0.4, 0.5) is 0 Å². The molecule has 0 aromatic carbocycles. The van der Waals surface area contributed by atoms with Crippen LogP contribution in [0.2, 0.25) is 0 Å². The quantitative estimate of drug-likeness (QED) is 0.454. The SMILES string of the molecule is CC1C=CCCC1COC(=O)C(=O)OCC1CC=CCC1C. The third-order valence-corrected chi connectivity index (χ3v) is 4.83. The van der Waals surface area contributed by atoms with E-state index in [1.54, 1.807) is 0 Å². The predicted molar refractivity (Wildman–Crippen MR) is 84.0 cm³/mol. The van der Waals surface area contributed by atoms with Crippen LogP contribution in [0.3, 0.4) is 0 Å². The van der Waals surface area contributed by atoms with Gasteiger partial charge in [0, 0.05) is 0 Å². The summed E-state index contributed by atoms with van der Waals surface area (Å²) in [6.45, 7) is 4.83. The molecule has 4 heteroatoms. The second kappa shape index (κ2) is 8.16. The Balaban J connectivity index is 1.69. The summed E-state index contributed by atoms with van der Waals surface area (Å²) in [7, 11) is 0. The van der Waals surface area contributed by atoms with E-state index in [4.69, 9.17) is 9.47 Å². The standard InChI is InChI=1S/C18H26O4/c1-13-7-3-5-9-15(13)11-21-17(19)18(20)22-12-16-10-6-4-8-14(16)2/h3-5,8,13-16H,6-7,9-12H2,1-2H3. The summed E-state index contributed by atoms with van der Waals surface area (Å²) in [4.78, 5) is 23.4. The van der Waals surface area contributed by atoms with Crippen LogP contribution in [0.1, 0.15) is 39.5 Å². The second-order valence-electron chi connectivity index (χ2n) is 6.50. The van der Waals surface area contributed by atoms with Crippen molar-refractivity contribution in [2.45, 2.75) is 39.5 Å². The van der Waals surface area contributed by atoms with Crippen LogP contribution in [0.15, 0.2) is 24.3 Å². The molecule has 0 N–H and O–H groups in total. The molecule has 0 bridgehead atoms. The van der Waals surface area contributed by atoms with Crippen LogP contribution in [-0.4, -0.2) is 25.2 Å². The van der Waals surface area contributed by atoms with Gasteiger partial charge in [-0.25, -0.2) is 9.59 Å². The number of esters is 2.